The maximum Gasteiger partial charge on any atom is 0.274 e. The Balaban J connectivity index is 1.50. The Kier molecular flexibility index (Phi) is 4.47. The number of carbonyl (C=O) groups excluding carboxylic acids is 1. The quantitative estimate of drug-likeness (QED) is 0.709. The molecule has 0 radical (unpaired) electrons. The Labute approximate surface area is 155 Å². The third kappa shape index (κ3) is 3.47. The minimum absolute atomic E-state index is 0.0193. The second-order valence-corrected chi connectivity index (χ2v) is 6.85. The number of likely N-dealkylation sites (tertiary alicyclic amines) is 1. The number of hydrogen-bond acceptors (Lipinski definition) is 5. The number of nitrogens with zero attached hydrogens (tertiary/aromatic N) is 5. The van der Waals surface area contributed by atoms with Crippen molar-refractivity contribution in [3.8, 4) is 11.4 Å². The summed E-state index contributed by atoms with van der Waals surface area (Å²) < 4.78 is 20.2. The largest absolute Gasteiger partial charge is 0.339 e. The number of benzene rings is 1. The fourth-order valence-corrected chi connectivity index (χ4v) is 3.31. The molecule has 8 heteroatoms. The summed E-state index contributed by atoms with van der Waals surface area (Å²) in [6.07, 6.45) is 1.73. The lowest BCUT2D eigenvalue weighted by Crippen LogP contribution is -2.39. The summed E-state index contributed by atoms with van der Waals surface area (Å²) in [6.45, 7) is 3.11. The molecule has 0 spiro atoms. The summed E-state index contributed by atoms with van der Waals surface area (Å²) in [5.41, 5.74) is 2.08. The normalized spacial score (nSPS) is 17.3. The maximum atomic E-state index is 13.1. The topological polar surface area (TPSA) is 77.1 Å². The Hall–Kier alpha value is -3.03. The van der Waals surface area contributed by atoms with Crippen LogP contribution in [0.15, 0.2) is 34.9 Å². The molecule has 1 atom stereocenters. The van der Waals surface area contributed by atoms with Crippen LogP contribution < -0.4 is 0 Å². The fraction of sp³-hybridized carbons (Fsp3) is 0.368. The third-order valence-corrected chi connectivity index (χ3v) is 4.93. The summed E-state index contributed by atoms with van der Waals surface area (Å²) in [6, 6.07) is 7.75. The van der Waals surface area contributed by atoms with Gasteiger partial charge in [-0.3, -0.25) is 9.48 Å². The Morgan fingerprint density at radius 3 is 2.78 bits per heavy atom. The second kappa shape index (κ2) is 6.94. The number of halogens is 1. The van der Waals surface area contributed by atoms with Crippen molar-refractivity contribution in [1.29, 1.82) is 0 Å². The number of aromatic nitrogens is 4. The lowest BCUT2D eigenvalue weighted by Gasteiger charge is -2.30. The van der Waals surface area contributed by atoms with Crippen LogP contribution in [0.25, 0.3) is 11.4 Å². The number of carbonyl (C=O) groups is 1. The van der Waals surface area contributed by atoms with Crippen LogP contribution in [0.4, 0.5) is 4.39 Å². The molecule has 0 bridgehead atoms. The van der Waals surface area contributed by atoms with Gasteiger partial charge >= 0.3 is 0 Å². The molecule has 0 aliphatic carbocycles. The molecule has 0 unspecified atom stereocenters. The van der Waals surface area contributed by atoms with E-state index in [9.17, 15) is 9.18 Å². The van der Waals surface area contributed by atoms with Gasteiger partial charge < -0.3 is 9.42 Å². The van der Waals surface area contributed by atoms with Gasteiger partial charge in [0.1, 0.15) is 5.82 Å². The van der Waals surface area contributed by atoms with E-state index >= 15 is 0 Å². The number of amides is 1. The van der Waals surface area contributed by atoms with Crippen LogP contribution in [0.1, 0.15) is 40.8 Å². The standard InChI is InChI=1S/C19H20FN5O2/c1-12-10-16(22-24(12)2)19(26)25-9-3-4-14(11-25)18-21-17(23-27-18)13-5-7-15(20)8-6-13/h5-8,10,14H,3-4,9,11H2,1-2H3/t14-/m0/s1. The molecule has 1 aliphatic heterocycles. The first-order chi connectivity index (χ1) is 13.0. The summed E-state index contributed by atoms with van der Waals surface area (Å²) in [5.74, 6) is 0.516. The van der Waals surface area contributed by atoms with Crippen LogP contribution in [0, 0.1) is 12.7 Å². The van der Waals surface area contributed by atoms with Gasteiger partial charge in [0, 0.05) is 31.4 Å². The third-order valence-electron chi connectivity index (χ3n) is 4.93. The predicted octanol–water partition coefficient (Wildman–Crippen LogP) is 2.94. The highest BCUT2D eigenvalue weighted by Crippen LogP contribution is 2.28. The lowest BCUT2D eigenvalue weighted by atomic mass is 9.97. The van der Waals surface area contributed by atoms with Crippen LogP contribution in [0.5, 0.6) is 0 Å². The van der Waals surface area contributed by atoms with E-state index in [1.807, 2.05) is 14.0 Å². The number of piperidine rings is 1. The van der Waals surface area contributed by atoms with Crippen molar-refractivity contribution in [3.05, 3.63) is 53.4 Å². The molecule has 1 aliphatic rings. The van der Waals surface area contributed by atoms with Gasteiger partial charge in [-0.25, -0.2) is 4.39 Å². The van der Waals surface area contributed by atoms with Gasteiger partial charge in [-0.1, -0.05) is 5.16 Å². The van der Waals surface area contributed by atoms with E-state index in [1.54, 1.807) is 27.8 Å². The number of aryl methyl sites for hydroxylation is 2. The molecular weight excluding hydrogens is 349 g/mol. The van der Waals surface area contributed by atoms with Gasteiger partial charge in [0.25, 0.3) is 5.91 Å². The van der Waals surface area contributed by atoms with Gasteiger partial charge in [-0.15, -0.1) is 0 Å². The van der Waals surface area contributed by atoms with Crippen LogP contribution in [-0.4, -0.2) is 43.8 Å². The van der Waals surface area contributed by atoms with Crippen molar-refractivity contribution in [2.24, 2.45) is 7.05 Å². The highest BCUT2D eigenvalue weighted by molar-refractivity contribution is 5.92. The Bertz CT molecular complexity index is 943. The molecule has 140 valence electrons. The molecule has 0 saturated carbocycles. The maximum absolute atomic E-state index is 13.1. The van der Waals surface area contributed by atoms with E-state index in [0.29, 0.717) is 36.1 Å². The zero-order valence-corrected chi connectivity index (χ0v) is 15.2. The summed E-state index contributed by atoms with van der Waals surface area (Å²) in [5, 5.41) is 8.28. The minimum atomic E-state index is -0.311. The first-order valence-electron chi connectivity index (χ1n) is 8.91. The molecule has 1 aromatic carbocycles. The summed E-state index contributed by atoms with van der Waals surface area (Å²) in [7, 11) is 1.82. The van der Waals surface area contributed by atoms with E-state index in [4.69, 9.17) is 4.52 Å². The molecule has 1 saturated heterocycles. The first kappa shape index (κ1) is 17.4. The van der Waals surface area contributed by atoms with Crippen molar-refractivity contribution in [2.45, 2.75) is 25.7 Å². The van der Waals surface area contributed by atoms with E-state index < -0.39 is 0 Å². The highest BCUT2D eigenvalue weighted by Gasteiger charge is 2.30. The van der Waals surface area contributed by atoms with Crippen molar-refractivity contribution < 1.29 is 13.7 Å². The number of hydrogen-bond donors (Lipinski definition) is 0. The van der Waals surface area contributed by atoms with Gasteiger partial charge in [0.15, 0.2) is 5.69 Å². The average molecular weight is 369 g/mol. The predicted molar refractivity (Wildman–Crippen MR) is 95.5 cm³/mol. The summed E-state index contributed by atoms with van der Waals surface area (Å²) in [4.78, 5) is 19.0. The van der Waals surface area contributed by atoms with Gasteiger partial charge in [-0.2, -0.15) is 10.1 Å². The molecule has 27 heavy (non-hydrogen) atoms. The minimum Gasteiger partial charge on any atom is -0.339 e. The average Bonchev–Trinajstić information content (AvgIpc) is 3.29. The molecule has 0 N–H and O–H groups in total. The molecule has 3 aromatic rings. The van der Waals surface area contributed by atoms with Crippen molar-refractivity contribution in [3.63, 3.8) is 0 Å². The second-order valence-electron chi connectivity index (χ2n) is 6.85. The van der Waals surface area contributed by atoms with Gasteiger partial charge in [0.05, 0.1) is 5.92 Å². The van der Waals surface area contributed by atoms with Crippen LogP contribution in [-0.2, 0) is 7.05 Å². The molecular formula is C19H20FN5O2. The zero-order chi connectivity index (χ0) is 19.0. The van der Waals surface area contributed by atoms with Crippen LogP contribution in [0.2, 0.25) is 0 Å². The Morgan fingerprint density at radius 1 is 1.30 bits per heavy atom. The monoisotopic (exact) mass is 369 g/mol. The Morgan fingerprint density at radius 2 is 2.07 bits per heavy atom. The fourth-order valence-electron chi connectivity index (χ4n) is 3.31. The van der Waals surface area contributed by atoms with E-state index in [2.05, 4.69) is 15.2 Å². The molecule has 4 rings (SSSR count). The highest BCUT2D eigenvalue weighted by atomic mass is 19.1. The van der Waals surface area contributed by atoms with Gasteiger partial charge in [0.2, 0.25) is 11.7 Å². The SMILES string of the molecule is Cc1cc(C(=O)N2CCC[C@H](c3nc(-c4ccc(F)cc4)no3)C2)nn1C. The molecule has 7 nitrogen and oxygen atoms in total. The lowest BCUT2D eigenvalue weighted by molar-refractivity contribution is 0.0689. The molecule has 1 fully saturated rings. The van der Waals surface area contributed by atoms with Crippen LogP contribution >= 0.6 is 0 Å². The van der Waals surface area contributed by atoms with E-state index in [-0.39, 0.29) is 17.6 Å². The van der Waals surface area contributed by atoms with Crippen molar-refractivity contribution in [2.75, 3.05) is 13.1 Å². The molecule has 1 amide bonds. The van der Waals surface area contributed by atoms with E-state index in [0.717, 1.165) is 18.5 Å². The molecule has 3 heterocycles. The zero-order valence-electron chi connectivity index (χ0n) is 15.2. The summed E-state index contributed by atoms with van der Waals surface area (Å²) >= 11 is 0. The first-order valence-corrected chi connectivity index (χ1v) is 8.91. The van der Waals surface area contributed by atoms with Crippen molar-refractivity contribution >= 4 is 5.91 Å². The number of rotatable bonds is 3. The van der Waals surface area contributed by atoms with Crippen molar-refractivity contribution in [1.82, 2.24) is 24.8 Å². The van der Waals surface area contributed by atoms with Crippen LogP contribution in [0.3, 0.4) is 0 Å². The van der Waals surface area contributed by atoms with Gasteiger partial charge in [-0.05, 0) is 50.1 Å². The smallest absolute Gasteiger partial charge is 0.274 e. The molecule has 2 aromatic heterocycles. The van der Waals surface area contributed by atoms with E-state index in [1.165, 1.54) is 12.1 Å².